The number of amides is 3. The molecule has 3 heterocycles. The maximum Gasteiger partial charge on any atom is 0.255 e. The van der Waals surface area contributed by atoms with Gasteiger partial charge in [-0.05, 0) is 42.2 Å². The summed E-state index contributed by atoms with van der Waals surface area (Å²) < 4.78 is 19.3. The molecule has 9 heteroatoms. The van der Waals surface area contributed by atoms with Crippen LogP contribution in [-0.4, -0.2) is 72.0 Å². The molecule has 2 aromatic rings. The number of carbonyl (C=O) groups is 3. The Bertz CT molecular complexity index is 1130. The van der Waals surface area contributed by atoms with Crippen LogP contribution in [0.1, 0.15) is 40.7 Å². The molecule has 0 aromatic heterocycles. The van der Waals surface area contributed by atoms with Gasteiger partial charge < -0.3 is 15.0 Å². The van der Waals surface area contributed by atoms with Crippen molar-refractivity contribution in [2.45, 2.75) is 50.5 Å². The molecule has 2 N–H and O–H groups in total. The zero-order valence-corrected chi connectivity index (χ0v) is 20.1. The molecule has 3 atom stereocenters. The van der Waals surface area contributed by atoms with Gasteiger partial charge in [-0.3, -0.25) is 24.6 Å². The fraction of sp³-hybridized carbons (Fsp3) is 0.444. The first-order valence-corrected chi connectivity index (χ1v) is 12.5. The van der Waals surface area contributed by atoms with Crippen molar-refractivity contribution in [2.24, 2.45) is 0 Å². The summed E-state index contributed by atoms with van der Waals surface area (Å²) in [6, 6.07) is 15.0. The summed E-state index contributed by atoms with van der Waals surface area (Å²) in [6.07, 6.45) is 1.20. The van der Waals surface area contributed by atoms with Crippen LogP contribution >= 0.6 is 0 Å². The van der Waals surface area contributed by atoms with Crippen LogP contribution in [0.2, 0.25) is 0 Å². The molecule has 8 nitrogen and oxygen atoms in total. The van der Waals surface area contributed by atoms with E-state index in [4.69, 9.17) is 4.74 Å². The Hall–Kier alpha value is -3.30. The van der Waals surface area contributed by atoms with Crippen LogP contribution in [0.15, 0.2) is 48.5 Å². The number of likely N-dealkylation sites (tertiary alicyclic amines) is 1. The van der Waals surface area contributed by atoms with Crippen LogP contribution in [0.25, 0.3) is 0 Å². The van der Waals surface area contributed by atoms with E-state index in [9.17, 15) is 18.8 Å². The third-order valence-corrected chi connectivity index (χ3v) is 7.18. The highest BCUT2D eigenvalue weighted by molar-refractivity contribution is 6.05. The number of carbonyl (C=O) groups excluding carboxylic acids is 3. The molecule has 3 amide bonds. The number of piperidine rings is 2. The molecule has 36 heavy (non-hydrogen) atoms. The van der Waals surface area contributed by atoms with E-state index >= 15 is 0 Å². The minimum atomic E-state index is -0.647. The first kappa shape index (κ1) is 24.4. The molecule has 1 unspecified atom stereocenters. The Balaban J connectivity index is 1.28. The highest BCUT2D eigenvalue weighted by Crippen LogP contribution is 2.31. The fourth-order valence-corrected chi connectivity index (χ4v) is 5.36. The molecular weight excluding hydrogens is 463 g/mol. The number of fused-ring (bicyclic) bond motifs is 1. The maximum absolute atomic E-state index is 13.0. The number of ether oxygens (including phenoxy) is 1. The van der Waals surface area contributed by atoms with E-state index in [-0.39, 0.29) is 36.9 Å². The Labute approximate surface area is 209 Å². The first-order chi connectivity index (χ1) is 17.5. The van der Waals surface area contributed by atoms with Crippen molar-refractivity contribution in [1.29, 1.82) is 0 Å². The Morgan fingerprint density at radius 2 is 1.92 bits per heavy atom. The molecule has 3 aliphatic rings. The summed E-state index contributed by atoms with van der Waals surface area (Å²) in [7, 11) is 0. The number of imide groups is 1. The molecule has 0 spiro atoms. The molecule has 0 aliphatic carbocycles. The Kier molecular flexibility index (Phi) is 7.29. The quantitative estimate of drug-likeness (QED) is 0.546. The fourth-order valence-electron chi connectivity index (χ4n) is 5.36. The lowest BCUT2D eigenvalue weighted by atomic mass is 10.0. The van der Waals surface area contributed by atoms with E-state index in [2.05, 4.69) is 27.7 Å². The van der Waals surface area contributed by atoms with E-state index in [0.29, 0.717) is 30.8 Å². The van der Waals surface area contributed by atoms with Crippen LogP contribution in [0.4, 0.5) is 4.39 Å². The maximum atomic E-state index is 13.0. The van der Waals surface area contributed by atoms with Gasteiger partial charge in [0.05, 0.1) is 0 Å². The number of rotatable bonds is 8. The van der Waals surface area contributed by atoms with Crippen molar-refractivity contribution in [3.63, 3.8) is 0 Å². The summed E-state index contributed by atoms with van der Waals surface area (Å²) in [5.41, 5.74) is 2.58. The number of nitrogens with zero attached hydrogens (tertiary/aromatic N) is 2. The van der Waals surface area contributed by atoms with E-state index in [1.165, 1.54) is 10.5 Å². The average molecular weight is 495 g/mol. The van der Waals surface area contributed by atoms with Crippen molar-refractivity contribution in [3.05, 3.63) is 65.2 Å². The lowest BCUT2D eigenvalue weighted by Gasteiger charge is -2.39. The van der Waals surface area contributed by atoms with Gasteiger partial charge in [-0.2, -0.15) is 0 Å². The molecule has 2 aromatic carbocycles. The van der Waals surface area contributed by atoms with Crippen molar-refractivity contribution < 1.29 is 23.5 Å². The molecule has 3 aliphatic heterocycles. The molecule has 2 saturated heterocycles. The third kappa shape index (κ3) is 5.27. The third-order valence-electron chi connectivity index (χ3n) is 7.18. The summed E-state index contributed by atoms with van der Waals surface area (Å²) in [4.78, 5) is 40.7. The number of benzene rings is 2. The topological polar surface area (TPSA) is 91.0 Å². The number of alkyl halides is 1. The van der Waals surface area contributed by atoms with Crippen molar-refractivity contribution in [1.82, 2.24) is 20.4 Å². The van der Waals surface area contributed by atoms with Crippen molar-refractivity contribution in [3.8, 4) is 5.75 Å². The number of hydrogen-bond acceptors (Lipinski definition) is 6. The van der Waals surface area contributed by atoms with Crippen LogP contribution in [0.5, 0.6) is 5.75 Å². The first-order valence-electron chi connectivity index (χ1n) is 12.5. The van der Waals surface area contributed by atoms with Crippen molar-refractivity contribution in [2.75, 3.05) is 26.3 Å². The number of nitrogens with one attached hydrogen (secondary N) is 2. The van der Waals surface area contributed by atoms with Gasteiger partial charge in [0.25, 0.3) is 5.91 Å². The van der Waals surface area contributed by atoms with Gasteiger partial charge in [-0.25, -0.2) is 4.39 Å². The van der Waals surface area contributed by atoms with Crippen LogP contribution in [-0.2, 0) is 22.7 Å². The smallest absolute Gasteiger partial charge is 0.255 e. The predicted octanol–water partition coefficient (Wildman–Crippen LogP) is 2.03. The highest BCUT2D eigenvalue weighted by Gasteiger charge is 2.39. The summed E-state index contributed by atoms with van der Waals surface area (Å²) in [6.45, 7) is 2.54. The van der Waals surface area contributed by atoms with Gasteiger partial charge in [-0.1, -0.05) is 30.3 Å². The molecular formula is C27H31FN4O4. The van der Waals surface area contributed by atoms with Crippen molar-refractivity contribution >= 4 is 17.7 Å². The Morgan fingerprint density at radius 1 is 1.08 bits per heavy atom. The zero-order chi connectivity index (χ0) is 25.1. The minimum absolute atomic E-state index is 0.0163. The lowest BCUT2D eigenvalue weighted by molar-refractivity contribution is -0.136. The lowest BCUT2D eigenvalue weighted by Crippen LogP contribution is -2.55. The van der Waals surface area contributed by atoms with Gasteiger partial charge in [-0.15, -0.1) is 0 Å². The number of halogens is 1. The van der Waals surface area contributed by atoms with E-state index in [0.717, 1.165) is 25.1 Å². The normalized spacial score (nSPS) is 24.5. The summed E-state index contributed by atoms with van der Waals surface area (Å²) >= 11 is 0. The second-order valence-corrected chi connectivity index (χ2v) is 9.63. The predicted molar refractivity (Wildman–Crippen MR) is 131 cm³/mol. The molecule has 0 bridgehead atoms. The van der Waals surface area contributed by atoms with Crippen LogP contribution < -0.4 is 15.4 Å². The second kappa shape index (κ2) is 10.8. The summed E-state index contributed by atoms with van der Waals surface area (Å²) in [5.74, 6) is -0.294. The largest absolute Gasteiger partial charge is 0.487 e. The highest BCUT2D eigenvalue weighted by atomic mass is 19.1. The van der Waals surface area contributed by atoms with Gasteiger partial charge in [0.1, 0.15) is 24.6 Å². The van der Waals surface area contributed by atoms with E-state index in [1.54, 1.807) is 12.1 Å². The van der Waals surface area contributed by atoms with Gasteiger partial charge >= 0.3 is 0 Å². The molecule has 5 rings (SSSR count). The van der Waals surface area contributed by atoms with Gasteiger partial charge in [0, 0.05) is 50.7 Å². The molecule has 0 radical (unpaired) electrons. The van der Waals surface area contributed by atoms with Crippen LogP contribution in [0.3, 0.4) is 0 Å². The van der Waals surface area contributed by atoms with Gasteiger partial charge in [0.15, 0.2) is 0 Å². The number of hydrogen-bond donors (Lipinski definition) is 2. The van der Waals surface area contributed by atoms with Gasteiger partial charge in [0.2, 0.25) is 11.8 Å². The molecule has 0 saturated carbocycles. The Morgan fingerprint density at radius 3 is 2.69 bits per heavy atom. The monoisotopic (exact) mass is 494 g/mol. The molecule has 2 fully saturated rings. The molecule has 190 valence electrons. The average Bonchev–Trinajstić information content (AvgIpc) is 3.19. The van der Waals surface area contributed by atoms with E-state index < -0.39 is 18.6 Å². The summed E-state index contributed by atoms with van der Waals surface area (Å²) in [5, 5.41) is 5.61. The SMILES string of the molecule is O=C1CCC(N2Cc3cc(O[C@H]4CN(Cc5ccccc5)CC[C@@H]4NCCF)ccc3C2=O)C(=O)N1. The van der Waals surface area contributed by atoms with Crippen LogP contribution in [0, 0.1) is 0 Å². The standard InChI is InChI=1S/C27H31FN4O4/c28-11-12-29-22-10-13-31(15-18-4-2-1-3-5-18)17-24(22)36-20-6-7-21-19(14-20)16-32(27(21)35)23-8-9-25(33)30-26(23)34/h1-7,14,22-24,29H,8-13,15-17H2,(H,30,33,34)/t22-,23?,24-/m0/s1. The minimum Gasteiger partial charge on any atom is -0.487 e. The second-order valence-electron chi connectivity index (χ2n) is 9.63. The zero-order valence-electron chi connectivity index (χ0n) is 20.1. The van der Waals surface area contributed by atoms with E-state index in [1.807, 2.05) is 24.3 Å².